The number of hydrogen-bond donors (Lipinski definition) is 1. The lowest BCUT2D eigenvalue weighted by Gasteiger charge is -2.23. The van der Waals surface area contributed by atoms with Gasteiger partial charge in [0.05, 0.1) is 0 Å². The van der Waals surface area contributed by atoms with Gasteiger partial charge in [0.15, 0.2) is 0 Å². The summed E-state index contributed by atoms with van der Waals surface area (Å²) in [5, 5.41) is 3.45. The van der Waals surface area contributed by atoms with Crippen LogP contribution in [-0.2, 0) is 12.8 Å². The van der Waals surface area contributed by atoms with Crippen molar-refractivity contribution in [1.82, 2.24) is 4.98 Å². The molecule has 1 heterocycles. The van der Waals surface area contributed by atoms with Gasteiger partial charge in [0.25, 0.3) is 0 Å². The average Bonchev–Trinajstić information content (AvgIpc) is 2.73. The lowest BCUT2D eigenvalue weighted by atomic mass is 9.90. The Bertz CT molecular complexity index is 369. The van der Waals surface area contributed by atoms with Crippen LogP contribution in [0.15, 0.2) is 12.1 Å². The normalized spacial score (nSPS) is 14.9. The molecule has 1 aliphatic carbocycles. The van der Waals surface area contributed by atoms with Crippen LogP contribution >= 0.6 is 0 Å². The van der Waals surface area contributed by atoms with Crippen LogP contribution in [0.4, 0.5) is 5.82 Å². The smallest absolute Gasteiger partial charge is 0.126 e. The quantitative estimate of drug-likeness (QED) is 0.837. The highest BCUT2D eigenvalue weighted by molar-refractivity contribution is 5.40. The van der Waals surface area contributed by atoms with Gasteiger partial charge in [-0.05, 0) is 42.7 Å². The van der Waals surface area contributed by atoms with Gasteiger partial charge in [0.1, 0.15) is 5.82 Å². The summed E-state index contributed by atoms with van der Waals surface area (Å²) in [4.78, 5) is 4.68. The summed E-state index contributed by atoms with van der Waals surface area (Å²) in [7, 11) is 0. The molecule has 0 spiro atoms. The Morgan fingerprint density at radius 2 is 2.12 bits per heavy atom. The van der Waals surface area contributed by atoms with Crippen LogP contribution in [0.5, 0.6) is 0 Å². The third kappa shape index (κ3) is 2.55. The van der Waals surface area contributed by atoms with E-state index in [1.54, 1.807) is 0 Å². The Morgan fingerprint density at radius 1 is 1.31 bits per heavy atom. The van der Waals surface area contributed by atoms with Crippen LogP contribution < -0.4 is 5.32 Å². The van der Waals surface area contributed by atoms with E-state index in [4.69, 9.17) is 0 Å². The molecule has 2 rings (SSSR count). The Morgan fingerprint density at radius 3 is 2.88 bits per heavy atom. The predicted octanol–water partition coefficient (Wildman–Crippen LogP) is 3.42. The van der Waals surface area contributed by atoms with Gasteiger partial charge < -0.3 is 5.32 Å². The maximum atomic E-state index is 4.68. The topological polar surface area (TPSA) is 24.9 Å². The maximum absolute atomic E-state index is 4.68. The molecule has 0 radical (unpaired) electrons. The van der Waals surface area contributed by atoms with Gasteiger partial charge in [-0.1, -0.05) is 26.8 Å². The van der Waals surface area contributed by atoms with Crippen LogP contribution in [0, 0.1) is 5.41 Å². The van der Waals surface area contributed by atoms with Crippen molar-refractivity contribution in [2.75, 3.05) is 11.9 Å². The number of nitrogens with zero attached hydrogens (tertiary/aromatic N) is 1. The van der Waals surface area contributed by atoms with E-state index in [1.807, 2.05) is 0 Å². The zero-order chi connectivity index (χ0) is 11.6. The highest BCUT2D eigenvalue weighted by Gasteiger charge is 2.16. The highest BCUT2D eigenvalue weighted by Crippen LogP contribution is 2.23. The van der Waals surface area contributed by atoms with Crippen molar-refractivity contribution in [3.8, 4) is 0 Å². The molecule has 1 aliphatic rings. The lowest BCUT2D eigenvalue weighted by Crippen LogP contribution is -2.22. The van der Waals surface area contributed by atoms with Gasteiger partial charge >= 0.3 is 0 Å². The summed E-state index contributed by atoms with van der Waals surface area (Å²) in [6.07, 6.45) is 4.82. The second-order valence-electron chi connectivity index (χ2n) is 5.53. The summed E-state index contributed by atoms with van der Waals surface area (Å²) in [5.41, 5.74) is 3.10. The molecule has 88 valence electrons. The molecule has 0 unspecified atom stereocenters. The summed E-state index contributed by atoms with van der Waals surface area (Å²) >= 11 is 0. The van der Waals surface area contributed by atoms with Crippen molar-refractivity contribution in [3.63, 3.8) is 0 Å². The Balaban J connectivity index is 2.00. The number of rotatable bonds is 4. The standard InChI is InChI=1S/C14H22N2/c1-4-14(2,3)10-15-13-9-8-11-6-5-7-12(11)16-13/h8-9H,4-7,10H2,1-3H3,(H,15,16). The Hall–Kier alpha value is -1.05. The Kier molecular flexibility index (Phi) is 3.17. The van der Waals surface area contributed by atoms with Crippen LogP contribution in [-0.4, -0.2) is 11.5 Å². The van der Waals surface area contributed by atoms with Crippen molar-refractivity contribution in [2.24, 2.45) is 5.41 Å². The molecule has 0 saturated carbocycles. The first-order valence-corrected chi connectivity index (χ1v) is 6.33. The van der Waals surface area contributed by atoms with Crippen LogP contribution in [0.1, 0.15) is 44.9 Å². The third-order valence-electron chi connectivity index (χ3n) is 3.63. The number of fused-ring (bicyclic) bond motifs is 1. The van der Waals surface area contributed by atoms with E-state index in [1.165, 1.54) is 30.5 Å². The highest BCUT2D eigenvalue weighted by atomic mass is 15.0. The monoisotopic (exact) mass is 218 g/mol. The molecule has 1 aromatic rings. The van der Waals surface area contributed by atoms with Gasteiger partial charge in [-0.3, -0.25) is 0 Å². The first kappa shape index (κ1) is 11.4. The molecule has 0 saturated heterocycles. The van der Waals surface area contributed by atoms with Crippen molar-refractivity contribution in [1.29, 1.82) is 0 Å². The van der Waals surface area contributed by atoms with E-state index >= 15 is 0 Å². The number of hydrogen-bond acceptors (Lipinski definition) is 2. The van der Waals surface area contributed by atoms with Crippen molar-refractivity contribution < 1.29 is 0 Å². The second-order valence-corrected chi connectivity index (χ2v) is 5.53. The number of aromatic nitrogens is 1. The van der Waals surface area contributed by atoms with E-state index in [0.717, 1.165) is 18.8 Å². The van der Waals surface area contributed by atoms with Crippen molar-refractivity contribution in [3.05, 3.63) is 23.4 Å². The molecular formula is C14H22N2. The van der Waals surface area contributed by atoms with E-state index in [0.29, 0.717) is 5.41 Å². The fraction of sp³-hybridized carbons (Fsp3) is 0.643. The number of pyridine rings is 1. The number of aryl methyl sites for hydroxylation is 2. The molecule has 1 N–H and O–H groups in total. The van der Waals surface area contributed by atoms with Gasteiger partial charge in [0.2, 0.25) is 0 Å². The first-order valence-electron chi connectivity index (χ1n) is 6.33. The molecule has 2 heteroatoms. The molecule has 0 amide bonds. The molecule has 0 aromatic carbocycles. The van der Waals surface area contributed by atoms with E-state index in [2.05, 4.69) is 43.2 Å². The van der Waals surface area contributed by atoms with E-state index in [9.17, 15) is 0 Å². The second kappa shape index (κ2) is 4.44. The largest absolute Gasteiger partial charge is 0.370 e. The number of nitrogens with one attached hydrogen (secondary N) is 1. The van der Waals surface area contributed by atoms with Gasteiger partial charge in [-0.15, -0.1) is 0 Å². The van der Waals surface area contributed by atoms with Gasteiger partial charge in [-0.25, -0.2) is 4.98 Å². The van der Waals surface area contributed by atoms with Crippen LogP contribution in [0.2, 0.25) is 0 Å². The average molecular weight is 218 g/mol. The number of anilines is 1. The maximum Gasteiger partial charge on any atom is 0.126 e. The fourth-order valence-corrected chi connectivity index (χ4v) is 1.97. The molecule has 0 bridgehead atoms. The zero-order valence-electron chi connectivity index (χ0n) is 10.6. The van der Waals surface area contributed by atoms with Gasteiger partial charge in [-0.2, -0.15) is 0 Å². The molecular weight excluding hydrogens is 196 g/mol. The minimum Gasteiger partial charge on any atom is -0.370 e. The summed E-state index contributed by atoms with van der Waals surface area (Å²) in [6.45, 7) is 7.80. The van der Waals surface area contributed by atoms with Crippen LogP contribution in [0.25, 0.3) is 0 Å². The molecule has 0 atom stereocenters. The molecule has 0 fully saturated rings. The van der Waals surface area contributed by atoms with Crippen molar-refractivity contribution >= 4 is 5.82 Å². The lowest BCUT2D eigenvalue weighted by molar-refractivity contribution is 0.376. The van der Waals surface area contributed by atoms with Crippen molar-refractivity contribution in [2.45, 2.75) is 46.5 Å². The van der Waals surface area contributed by atoms with Gasteiger partial charge in [0, 0.05) is 12.2 Å². The van der Waals surface area contributed by atoms with Crippen LogP contribution in [0.3, 0.4) is 0 Å². The molecule has 0 aliphatic heterocycles. The SMILES string of the molecule is CCC(C)(C)CNc1ccc2c(n1)CCC2. The Labute approximate surface area is 98.5 Å². The minimum atomic E-state index is 0.348. The first-order chi connectivity index (χ1) is 7.61. The summed E-state index contributed by atoms with van der Waals surface area (Å²) in [5.74, 6) is 1.04. The molecule has 16 heavy (non-hydrogen) atoms. The molecule has 2 nitrogen and oxygen atoms in total. The predicted molar refractivity (Wildman–Crippen MR) is 68.8 cm³/mol. The summed E-state index contributed by atoms with van der Waals surface area (Å²) < 4.78 is 0. The minimum absolute atomic E-state index is 0.348. The van der Waals surface area contributed by atoms with E-state index < -0.39 is 0 Å². The third-order valence-corrected chi connectivity index (χ3v) is 3.63. The zero-order valence-corrected chi connectivity index (χ0v) is 10.6. The fourth-order valence-electron chi connectivity index (χ4n) is 1.97. The summed E-state index contributed by atoms with van der Waals surface area (Å²) in [6, 6.07) is 4.35. The van der Waals surface area contributed by atoms with E-state index in [-0.39, 0.29) is 0 Å². The molecule has 1 aromatic heterocycles.